The predicted octanol–water partition coefficient (Wildman–Crippen LogP) is 6.32. The molecule has 0 saturated heterocycles. The van der Waals surface area contributed by atoms with E-state index in [2.05, 4.69) is 10.2 Å². The Hall–Kier alpha value is -3.91. The maximum Gasteiger partial charge on any atom is 0.340 e. The number of hydrogen-bond donors (Lipinski definition) is 0. The molecule has 0 spiro atoms. The third-order valence-corrected chi connectivity index (χ3v) is 6.17. The summed E-state index contributed by atoms with van der Waals surface area (Å²) in [5.41, 5.74) is 4.32. The number of hydrogen-bond acceptors (Lipinski definition) is 8. The number of fused-ring (bicyclic) bond motifs is 1. The zero-order valence-corrected chi connectivity index (χ0v) is 19.5. The van der Waals surface area contributed by atoms with E-state index in [0.29, 0.717) is 33.9 Å². The zero-order chi connectivity index (χ0) is 23.5. The van der Waals surface area contributed by atoms with Crippen molar-refractivity contribution < 1.29 is 18.4 Å². The Kier molecular flexibility index (Phi) is 6.14. The highest BCUT2D eigenvalue weighted by Gasteiger charge is 2.24. The number of esters is 1. The van der Waals surface area contributed by atoms with Crippen LogP contribution < -0.4 is 0 Å². The molecular formula is C26H21N3O4S. The van der Waals surface area contributed by atoms with Gasteiger partial charge in [0.05, 0.1) is 35.2 Å². The molecule has 0 radical (unpaired) electrons. The average Bonchev–Trinajstić information content (AvgIpc) is 3.51. The van der Waals surface area contributed by atoms with Gasteiger partial charge in [0.25, 0.3) is 11.1 Å². The average molecular weight is 472 g/mol. The molecule has 0 bridgehead atoms. The van der Waals surface area contributed by atoms with E-state index in [1.54, 1.807) is 19.3 Å². The summed E-state index contributed by atoms with van der Waals surface area (Å²) in [5, 5.41) is 9.53. The van der Waals surface area contributed by atoms with E-state index in [1.807, 2.05) is 61.5 Å². The van der Waals surface area contributed by atoms with Gasteiger partial charge in [-0.25, -0.2) is 4.79 Å². The highest BCUT2D eigenvalue weighted by Crippen LogP contribution is 2.36. The van der Waals surface area contributed by atoms with Crippen LogP contribution in [0.25, 0.3) is 33.5 Å². The second-order valence-electron chi connectivity index (χ2n) is 7.46. The minimum atomic E-state index is -0.407. The fourth-order valence-electron chi connectivity index (χ4n) is 3.81. The summed E-state index contributed by atoms with van der Waals surface area (Å²) >= 11 is 1.32. The molecule has 5 rings (SSSR count). The largest absolute Gasteiger partial charge is 0.469 e. The van der Waals surface area contributed by atoms with Crippen molar-refractivity contribution >= 4 is 28.6 Å². The lowest BCUT2D eigenvalue weighted by Crippen LogP contribution is -2.12. The van der Waals surface area contributed by atoms with Crippen LogP contribution >= 0.6 is 11.8 Å². The number of carbonyl (C=O) groups is 1. The number of benzene rings is 2. The van der Waals surface area contributed by atoms with Crippen LogP contribution in [0.3, 0.4) is 0 Å². The van der Waals surface area contributed by atoms with Crippen molar-refractivity contribution in [3.63, 3.8) is 0 Å². The summed E-state index contributed by atoms with van der Waals surface area (Å²) in [4.78, 5) is 18.0. The van der Waals surface area contributed by atoms with Gasteiger partial charge in [-0.2, -0.15) is 0 Å². The molecule has 0 saturated carbocycles. The summed E-state index contributed by atoms with van der Waals surface area (Å²) in [7, 11) is 0. The van der Waals surface area contributed by atoms with Gasteiger partial charge in [0.2, 0.25) is 0 Å². The van der Waals surface area contributed by atoms with E-state index in [4.69, 9.17) is 18.6 Å². The molecular weight excluding hydrogens is 450 g/mol. The Morgan fingerprint density at radius 3 is 2.59 bits per heavy atom. The third kappa shape index (κ3) is 4.20. The minimum Gasteiger partial charge on any atom is -0.469 e. The first-order chi connectivity index (χ1) is 16.7. The molecule has 7 nitrogen and oxygen atoms in total. The smallest absolute Gasteiger partial charge is 0.340 e. The number of carbonyl (C=O) groups excluding carboxylic acids is 1. The zero-order valence-electron chi connectivity index (χ0n) is 18.6. The van der Waals surface area contributed by atoms with Crippen LogP contribution in [0.5, 0.6) is 0 Å². The number of pyridine rings is 1. The lowest BCUT2D eigenvalue weighted by Gasteiger charge is -2.16. The Morgan fingerprint density at radius 2 is 1.82 bits per heavy atom. The van der Waals surface area contributed by atoms with Gasteiger partial charge in [-0.15, -0.1) is 10.2 Å². The van der Waals surface area contributed by atoms with Crippen molar-refractivity contribution in [2.45, 2.75) is 24.8 Å². The van der Waals surface area contributed by atoms with Gasteiger partial charge < -0.3 is 13.6 Å². The molecule has 170 valence electrons. The van der Waals surface area contributed by atoms with Crippen LogP contribution in [0.4, 0.5) is 0 Å². The predicted molar refractivity (Wildman–Crippen MR) is 129 cm³/mol. The van der Waals surface area contributed by atoms with Crippen LogP contribution in [0.1, 0.15) is 28.7 Å². The van der Waals surface area contributed by atoms with Crippen molar-refractivity contribution in [1.29, 1.82) is 0 Å². The van der Waals surface area contributed by atoms with E-state index in [-0.39, 0.29) is 6.61 Å². The van der Waals surface area contributed by atoms with E-state index < -0.39 is 5.97 Å². The minimum absolute atomic E-state index is 0.267. The number of furan rings is 1. The SMILES string of the molecule is CCOC(=O)c1c(CSc2nnc(-c3ccoc3C)o2)nc2ccccc2c1-c1ccccc1. The number of thioether (sulfide) groups is 1. The van der Waals surface area contributed by atoms with Crippen molar-refractivity contribution in [1.82, 2.24) is 15.2 Å². The molecule has 0 unspecified atom stereocenters. The van der Waals surface area contributed by atoms with Gasteiger partial charge in [0, 0.05) is 16.7 Å². The maximum absolute atomic E-state index is 13.2. The van der Waals surface area contributed by atoms with Crippen molar-refractivity contribution in [2.75, 3.05) is 6.61 Å². The summed E-state index contributed by atoms with van der Waals surface area (Å²) in [6.45, 7) is 3.90. The molecule has 2 aromatic carbocycles. The second kappa shape index (κ2) is 9.52. The molecule has 0 amide bonds. The lowest BCUT2D eigenvalue weighted by molar-refractivity contribution is 0.0526. The van der Waals surface area contributed by atoms with E-state index in [0.717, 1.165) is 27.6 Å². The Bertz CT molecular complexity index is 1460. The molecule has 3 aromatic heterocycles. The fraction of sp³-hybridized carbons (Fsp3) is 0.154. The third-order valence-electron chi connectivity index (χ3n) is 5.34. The lowest BCUT2D eigenvalue weighted by atomic mass is 9.94. The van der Waals surface area contributed by atoms with Crippen LogP contribution in [0, 0.1) is 6.92 Å². The molecule has 3 heterocycles. The molecule has 0 N–H and O–H groups in total. The van der Waals surface area contributed by atoms with Crippen LogP contribution in [0.15, 0.2) is 81.0 Å². The number of nitrogens with zero attached hydrogens (tertiary/aromatic N) is 3. The monoisotopic (exact) mass is 471 g/mol. The normalized spacial score (nSPS) is 11.1. The second-order valence-corrected chi connectivity index (χ2v) is 8.39. The van der Waals surface area contributed by atoms with E-state index in [1.165, 1.54) is 11.8 Å². The van der Waals surface area contributed by atoms with Crippen LogP contribution in [0.2, 0.25) is 0 Å². The van der Waals surface area contributed by atoms with Gasteiger partial charge in [-0.05, 0) is 31.5 Å². The molecule has 0 aliphatic rings. The van der Waals surface area contributed by atoms with Crippen molar-refractivity contribution in [2.24, 2.45) is 0 Å². The Labute approximate surface area is 200 Å². The quantitative estimate of drug-likeness (QED) is 0.201. The summed E-state index contributed by atoms with van der Waals surface area (Å²) in [6.07, 6.45) is 1.58. The molecule has 8 heteroatoms. The summed E-state index contributed by atoms with van der Waals surface area (Å²) in [5.74, 6) is 1.03. The molecule has 0 aliphatic carbocycles. The molecule has 5 aromatic rings. The molecule has 0 fully saturated rings. The molecule has 0 atom stereocenters. The van der Waals surface area contributed by atoms with Crippen molar-refractivity contribution in [3.8, 4) is 22.6 Å². The number of aromatic nitrogens is 3. The topological polar surface area (TPSA) is 91.2 Å². The summed E-state index contributed by atoms with van der Waals surface area (Å²) < 4.78 is 16.6. The standard InChI is InChI=1S/C26H21N3O4S/c1-3-31-25(30)23-21(15-34-26-29-28-24(33-26)18-13-14-32-16(18)2)27-20-12-8-7-11-19(20)22(23)17-9-5-4-6-10-17/h4-14H,3,15H2,1-2H3. The highest BCUT2D eigenvalue weighted by molar-refractivity contribution is 7.98. The Morgan fingerprint density at radius 1 is 1.03 bits per heavy atom. The Balaban J connectivity index is 1.58. The first kappa shape index (κ1) is 21.9. The van der Waals surface area contributed by atoms with E-state index in [9.17, 15) is 4.79 Å². The summed E-state index contributed by atoms with van der Waals surface area (Å²) in [6, 6.07) is 19.4. The van der Waals surface area contributed by atoms with Crippen LogP contribution in [-0.4, -0.2) is 27.8 Å². The first-order valence-corrected chi connectivity index (χ1v) is 11.8. The van der Waals surface area contributed by atoms with Crippen LogP contribution in [-0.2, 0) is 10.5 Å². The van der Waals surface area contributed by atoms with Gasteiger partial charge in [0.1, 0.15) is 5.76 Å². The first-order valence-electron chi connectivity index (χ1n) is 10.8. The highest BCUT2D eigenvalue weighted by atomic mass is 32.2. The van der Waals surface area contributed by atoms with Gasteiger partial charge in [-0.1, -0.05) is 60.3 Å². The maximum atomic E-state index is 13.2. The fourth-order valence-corrected chi connectivity index (χ4v) is 4.51. The molecule has 0 aliphatic heterocycles. The number of aryl methyl sites for hydroxylation is 1. The van der Waals surface area contributed by atoms with Gasteiger partial charge in [-0.3, -0.25) is 4.98 Å². The molecule has 34 heavy (non-hydrogen) atoms. The number of para-hydroxylation sites is 1. The number of ether oxygens (including phenoxy) is 1. The number of rotatable bonds is 7. The van der Waals surface area contributed by atoms with Gasteiger partial charge >= 0.3 is 5.97 Å². The van der Waals surface area contributed by atoms with Gasteiger partial charge in [0.15, 0.2) is 0 Å². The van der Waals surface area contributed by atoms with Crippen molar-refractivity contribution in [3.05, 3.63) is 83.9 Å². The van der Waals surface area contributed by atoms with E-state index >= 15 is 0 Å².